The standard InChI is InChI=1S/C14H19NO/c1-4-15-6-5-12-9-16-13-8-10(2)7-11(3)14(12)13/h7-9,15H,4-6H2,1-3H3. The van der Waals surface area contributed by atoms with Gasteiger partial charge >= 0.3 is 0 Å². The molecule has 0 saturated heterocycles. The highest BCUT2D eigenvalue weighted by atomic mass is 16.3. The lowest BCUT2D eigenvalue weighted by atomic mass is 10.0. The molecule has 1 aromatic carbocycles. The van der Waals surface area contributed by atoms with E-state index in [4.69, 9.17) is 4.42 Å². The summed E-state index contributed by atoms with van der Waals surface area (Å²) in [6.45, 7) is 8.42. The summed E-state index contributed by atoms with van der Waals surface area (Å²) in [5, 5.41) is 4.64. The third kappa shape index (κ3) is 2.12. The molecular formula is C14H19NO. The minimum atomic E-state index is 1.01. The number of likely N-dealkylation sites (N-methyl/N-ethyl adjacent to an activating group) is 1. The number of furan rings is 1. The van der Waals surface area contributed by atoms with Gasteiger partial charge in [-0.25, -0.2) is 0 Å². The van der Waals surface area contributed by atoms with Crippen molar-refractivity contribution in [2.45, 2.75) is 27.2 Å². The van der Waals surface area contributed by atoms with Gasteiger partial charge in [0.1, 0.15) is 5.58 Å². The normalized spacial score (nSPS) is 11.2. The maximum atomic E-state index is 5.61. The highest BCUT2D eigenvalue weighted by Crippen LogP contribution is 2.26. The van der Waals surface area contributed by atoms with Crippen molar-refractivity contribution in [1.29, 1.82) is 0 Å². The van der Waals surface area contributed by atoms with Gasteiger partial charge in [0, 0.05) is 5.39 Å². The van der Waals surface area contributed by atoms with E-state index < -0.39 is 0 Å². The first-order valence-electron chi connectivity index (χ1n) is 5.90. The molecule has 2 nitrogen and oxygen atoms in total. The molecule has 0 unspecified atom stereocenters. The third-order valence-electron chi connectivity index (χ3n) is 2.91. The number of fused-ring (bicyclic) bond motifs is 1. The Bertz CT molecular complexity index is 485. The predicted molar refractivity (Wildman–Crippen MR) is 67.9 cm³/mol. The molecule has 0 bridgehead atoms. The second kappa shape index (κ2) is 4.71. The molecule has 1 N–H and O–H groups in total. The van der Waals surface area contributed by atoms with E-state index in [-0.39, 0.29) is 0 Å². The van der Waals surface area contributed by atoms with Crippen molar-refractivity contribution in [3.8, 4) is 0 Å². The average molecular weight is 217 g/mol. The lowest BCUT2D eigenvalue weighted by molar-refractivity contribution is 0.607. The summed E-state index contributed by atoms with van der Waals surface area (Å²) in [4.78, 5) is 0. The largest absolute Gasteiger partial charge is 0.464 e. The van der Waals surface area contributed by atoms with Crippen LogP contribution < -0.4 is 5.32 Å². The van der Waals surface area contributed by atoms with Gasteiger partial charge in [0.05, 0.1) is 6.26 Å². The van der Waals surface area contributed by atoms with E-state index in [2.05, 4.69) is 38.2 Å². The minimum absolute atomic E-state index is 1.01. The van der Waals surface area contributed by atoms with Crippen LogP contribution in [0.1, 0.15) is 23.6 Å². The molecule has 0 aliphatic rings. The SMILES string of the molecule is CCNCCc1coc2cc(C)cc(C)c12. The molecule has 2 heteroatoms. The van der Waals surface area contributed by atoms with Crippen LogP contribution in [-0.4, -0.2) is 13.1 Å². The van der Waals surface area contributed by atoms with Crippen LogP contribution in [-0.2, 0) is 6.42 Å². The van der Waals surface area contributed by atoms with E-state index in [9.17, 15) is 0 Å². The van der Waals surface area contributed by atoms with Gasteiger partial charge in [-0.05, 0) is 56.1 Å². The summed E-state index contributed by atoms with van der Waals surface area (Å²) < 4.78 is 5.61. The highest BCUT2D eigenvalue weighted by Gasteiger charge is 2.08. The first-order valence-corrected chi connectivity index (χ1v) is 5.90. The quantitative estimate of drug-likeness (QED) is 0.796. The molecule has 1 heterocycles. The zero-order valence-corrected chi connectivity index (χ0v) is 10.3. The Morgan fingerprint density at radius 1 is 1.25 bits per heavy atom. The average Bonchev–Trinajstić information content (AvgIpc) is 2.62. The maximum Gasteiger partial charge on any atom is 0.134 e. The number of rotatable bonds is 4. The van der Waals surface area contributed by atoms with E-state index in [1.807, 2.05) is 6.26 Å². The Hall–Kier alpha value is -1.28. The molecule has 0 radical (unpaired) electrons. The van der Waals surface area contributed by atoms with Crippen molar-refractivity contribution in [2.24, 2.45) is 0 Å². The number of hydrogen-bond donors (Lipinski definition) is 1. The zero-order chi connectivity index (χ0) is 11.5. The molecule has 0 aliphatic heterocycles. The van der Waals surface area contributed by atoms with Gasteiger partial charge in [-0.2, -0.15) is 0 Å². The van der Waals surface area contributed by atoms with Crippen LogP contribution in [0.3, 0.4) is 0 Å². The molecule has 0 fully saturated rings. The van der Waals surface area contributed by atoms with Crippen LogP contribution in [0.5, 0.6) is 0 Å². The van der Waals surface area contributed by atoms with Gasteiger partial charge in [-0.15, -0.1) is 0 Å². The second-order valence-electron chi connectivity index (χ2n) is 4.32. The molecule has 86 valence electrons. The lowest BCUT2D eigenvalue weighted by Crippen LogP contribution is -2.15. The number of aryl methyl sites for hydroxylation is 2. The van der Waals surface area contributed by atoms with Crippen molar-refractivity contribution >= 4 is 11.0 Å². The van der Waals surface area contributed by atoms with Crippen LogP contribution in [0.25, 0.3) is 11.0 Å². The van der Waals surface area contributed by atoms with Crippen LogP contribution in [0.2, 0.25) is 0 Å². The monoisotopic (exact) mass is 217 g/mol. The van der Waals surface area contributed by atoms with Gasteiger partial charge < -0.3 is 9.73 Å². The molecule has 2 rings (SSSR count). The molecule has 1 aromatic heterocycles. The van der Waals surface area contributed by atoms with Crippen molar-refractivity contribution in [1.82, 2.24) is 5.32 Å². The fraction of sp³-hybridized carbons (Fsp3) is 0.429. The van der Waals surface area contributed by atoms with Gasteiger partial charge in [-0.1, -0.05) is 13.0 Å². The Morgan fingerprint density at radius 3 is 2.81 bits per heavy atom. The predicted octanol–water partition coefficient (Wildman–Crippen LogP) is 3.20. The summed E-state index contributed by atoms with van der Waals surface area (Å²) in [6, 6.07) is 4.33. The van der Waals surface area contributed by atoms with Crippen LogP contribution in [0, 0.1) is 13.8 Å². The summed E-state index contributed by atoms with van der Waals surface area (Å²) in [5.41, 5.74) is 4.91. The van der Waals surface area contributed by atoms with E-state index in [1.54, 1.807) is 0 Å². The Morgan fingerprint density at radius 2 is 2.06 bits per heavy atom. The fourth-order valence-electron chi connectivity index (χ4n) is 2.21. The zero-order valence-electron chi connectivity index (χ0n) is 10.3. The first-order chi connectivity index (χ1) is 7.72. The minimum Gasteiger partial charge on any atom is -0.464 e. The van der Waals surface area contributed by atoms with Crippen molar-refractivity contribution < 1.29 is 4.42 Å². The number of hydrogen-bond acceptors (Lipinski definition) is 2. The molecular weight excluding hydrogens is 198 g/mol. The first kappa shape index (κ1) is 11.2. The topological polar surface area (TPSA) is 25.2 Å². The van der Waals surface area contributed by atoms with Gasteiger partial charge in [0.2, 0.25) is 0 Å². The van der Waals surface area contributed by atoms with E-state index in [1.165, 1.54) is 22.1 Å². The molecule has 0 atom stereocenters. The molecule has 0 amide bonds. The Labute approximate surface area is 96.6 Å². The van der Waals surface area contributed by atoms with Crippen LogP contribution in [0.4, 0.5) is 0 Å². The third-order valence-corrected chi connectivity index (χ3v) is 2.91. The summed E-state index contributed by atoms with van der Waals surface area (Å²) >= 11 is 0. The second-order valence-corrected chi connectivity index (χ2v) is 4.32. The van der Waals surface area contributed by atoms with Gasteiger partial charge in [0.25, 0.3) is 0 Å². The van der Waals surface area contributed by atoms with Crippen molar-refractivity contribution in [3.63, 3.8) is 0 Å². The summed E-state index contributed by atoms with van der Waals surface area (Å²) in [5.74, 6) is 0. The molecule has 16 heavy (non-hydrogen) atoms. The van der Waals surface area contributed by atoms with E-state index in [0.29, 0.717) is 0 Å². The van der Waals surface area contributed by atoms with Crippen molar-refractivity contribution in [2.75, 3.05) is 13.1 Å². The molecule has 2 aromatic rings. The fourth-order valence-corrected chi connectivity index (χ4v) is 2.21. The van der Waals surface area contributed by atoms with Gasteiger partial charge in [0.15, 0.2) is 0 Å². The molecule has 0 saturated carbocycles. The Balaban J connectivity index is 2.33. The van der Waals surface area contributed by atoms with Crippen LogP contribution >= 0.6 is 0 Å². The van der Waals surface area contributed by atoms with Crippen LogP contribution in [0.15, 0.2) is 22.8 Å². The van der Waals surface area contributed by atoms with Gasteiger partial charge in [-0.3, -0.25) is 0 Å². The summed E-state index contributed by atoms with van der Waals surface area (Å²) in [7, 11) is 0. The Kier molecular flexibility index (Phi) is 3.30. The molecule has 0 aliphatic carbocycles. The van der Waals surface area contributed by atoms with E-state index >= 15 is 0 Å². The summed E-state index contributed by atoms with van der Waals surface area (Å²) in [6.07, 6.45) is 2.93. The smallest absolute Gasteiger partial charge is 0.134 e. The van der Waals surface area contributed by atoms with E-state index in [0.717, 1.165) is 25.1 Å². The molecule has 0 spiro atoms. The highest BCUT2D eigenvalue weighted by molar-refractivity contribution is 5.85. The number of benzene rings is 1. The lowest BCUT2D eigenvalue weighted by Gasteiger charge is -2.02. The van der Waals surface area contributed by atoms with Crippen molar-refractivity contribution in [3.05, 3.63) is 35.1 Å². The maximum absolute atomic E-state index is 5.61. The number of nitrogens with one attached hydrogen (secondary N) is 1.